The number of thiocarbonyl (C=S) groups is 1. The summed E-state index contributed by atoms with van der Waals surface area (Å²) in [7, 11) is 0. The van der Waals surface area contributed by atoms with E-state index in [1.807, 2.05) is 6.07 Å². The number of aromatic nitrogens is 1. The molecule has 130 valence electrons. The van der Waals surface area contributed by atoms with E-state index < -0.39 is 11.9 Å². The van der Waals surface area contributed by atoms with E-state index in [2.05, 4.69) is 33.9 Å². The van der Waals surface area contributed by atoms with Gasteiger partial charge in [-0.2, -0.15) is 0 Å². The van der Waals surface area contributed by atoms with Gasteiger partial charge < -0.3 is 10.2 Å². The maximum atomic E-state index is 11.0. The van der Waals surface area contributed by atoms with Crippen molar-refractivity contribution >= 4 is 60.7 Å². The van der Waals surface area contributed by atoms with Gasteiger partial charge in [0.1, 0.15) is 5.01 Å². The molecule has 0 aliphatic heterocycles. The highest BCUT2D eigenvalue weighted by Gasteiger charge is 2.24. The molecule has 0 aliphatic rings. The number of nitrogens with zero attached hydrogens (tertiary/aromatic N) is 1. The lowest BCUT2D eigenvalue weighted by Gasteiger charge is -2.07. The highest BCUT2D eigenvalue weighted by atomic mass is 79.9. The normalized spacial score (nSPS) is 12.4. The van der Waals surface area contributed by atoms with Gasteiger partial charge in [-0.25, -0.2) is 4.98 Å². The number of thiazole rings is 1. The standard InChI is InChI=1S/C17H20BrNO3S2/c1-2-3-4-5-6-10-7-8-12-15(14(10)18)19-16(24-12)11(17(22)23)9-13(20)21/h7-8,11H,2-6,9H2,1H3,(H,20,21)(H,22,23). The van der Waals surface area contributed by atoms with Gasteiger partial charge in [0, 0.05) is 4.47 Å². The van der Waals surface area contributed by atoms with Crippen molar-refractivity contribution in [3.8, 4) is 0 Å². The van der Waals surface area contributed by atoms with E-state index in [0.29, 0.717) is 5.01 Å². The zero-order valence-corrected chi connectivity index (χ0v) is 16.6. The quantitative estimate of drug-likeness (QED) is 0.399. The fourth-order valence-electron chi connectivity index (χ4n) is 2.56. The summed E-state index contributed by atoms with van der Waals surface area (Å²) in [5.74, 6) is -1.75. The molecular weight excluding hydrogens is 410 g/mol. The summed E-state index contributed by atoms with van der Waals surface area (Å²) >= 11 is 9.82. The summed E-state index contributed by atoms with van der Waals surface area (Å²) in [5, 5.41) is 18.9. The molecule has 1 unspecified atom stereocenters. The van der Waals surface area contributed by atoms with E-state index in [0.717, 1.165) is 27.5 Å². The average Bonchev–Trinajstić information content (AvgIpc) is 2.95. The van der Waals surface area contributed by atoms with Crippen LogP contribution in [0, 0.1) is 0 Å². The minimum absolute atomic E-state index is 0.253. The number of unbranched alkanes of at least 4 members (excludes halogenated alkanes) is 3. The van der Waals surface area contributed by atoms with Crippen LogP contribution in [0.3, 0.4) is 0 Å². The fraction of sp³-hybridized carbons (Fsp3) is 0.471. The third-order valence-corrected chi connectivity index (χ3v) is 6.17. The van der Waals surface area contributed by atoms with Crippen molar-refractivity contribution in [2.24, 2.45) is 0 Å². The Hall–Kier alpha value is -1.05. The first-order chi connectivity index (χ1) is 11.4. The van der Waals surface area contributed by atoms with Crippen molar-refractivity contribution in [1.82, 2.24) is 4.98 Å². The Labute approximate surface area is 159 Å². The van der Waals surface area contributed by atoms with Gasteiger partial charge in [-0.1, -0.05) is 32.3 Å². The molecule has 2 aromatic rings. The van der Waals surface area contributed by atoms with E-state index >= 15 is 0 Å². The Morgan fingerprint density at radius 3 is 2.71 bits per heavy atom. The average molecular weight is 430 g/mol. The minimum Gasteiger partial charge on any atom is -0.501 e. The van der Waals surface area contributed by atoms with Gasteiger partial charge in [0.2, 0.25) is 0 Å². The number of aryl methyl sites for hydroxylation is 1. The van der Waals surface area contributed by atoms with Gasteiger partial charge in [-0.05, 0) is 52.6 Å². The van der Waals surface area contributed by atoms with Gasteiger partial charge in [-0.15, -0.1) is 11.3 Å². The number of hydrogen-bond acceptors (Lipinski definition) is 4. The molecule has 0 saturated carbocycles. The maximum Gasteiger partial charge on any atom is 0.304 e. The van der Waals surface area contributed by atoms with E-state index in [1.54, 1.807) is 0 Å². The van der Waals surface area contributed by atoms with Crippen LogP contribution >= 0.6 is 39.5 Å². The first kappa shape index (κ1) is 19.3. The summed E-state index contributed by atoms with van der Waals surface area (Å²) in [6.45, 7) is 2.19. The molecule has 7 heteroatoms. The molecule has 2 rings (SSSR count). The van der Waals surface area contributed by atoms with E-state index in [9.17, 15) is 9.90 Å². The molecule has 0 amide bonds. The molecule has 0 bridgehead atoms. The number of halogens is 1. The second kappa shape index (κ2) is 8.87. The van der Waals surface area contributed by atoms with Crippen molar-refractivity contribution in [3.05, 3.63) is 27.2 Å². The van der Waals surface area contributed by atoms with Gasteiger partial charge >= 0.3 is 5.97 Å². The van der Waals surface area contributed by atoms with Crippen LogP contribution < -0.4 is 0 Å². The Morgan fingerprint density at radius 1 is 1.33 bits per heavy atom. The predicted molar refractivity (Wildman–Crippen MR) is 105 cm³/mol. The Balaban J connectivity index is 2.28. The molecule has 0 aliphatic carbocycles. The smallest absolute Gasteiger partial charge is 0.304 e. The molecule has 2 N–H and O–H groups in total. The molecular formula is C17H20BrNO3S2. The van der Waals surface area contributed by atoms with Crippen molar-refractivity contribution in [1.29, 1.82) is 0 Å². The van der Waals surface area contributed by atoms with Gasteiger partial charge in [0.25, 0.3) is 0 Å². The number of carboxylic acid groups (broad SMARTS) is 1. The number of aliphatic carboxylic acids is 1. The van der Waals surface area contributed by atoms with Crippen molar-refractivity contribution in [3.63, 3.8) is 0 Å². The highest BCUT2D eigenvalue weighted by Crippen LogP contribution is 2.35. The number of carbonyl (C=O) groups is 1. The first-order valence-corrected chi connectivity index (χ1v) is 9.98. The number of aliphatic hydroxyl groups is 1. The molecule has 1 aromatic heterocycles. The molecule has 1 atom stereocenters. The largest absolute Gasteiger partial charge is 0.501 e. The number of hydrogen-bond donors (Lipinski definition) is 2. The Bertz CT molecular complexity index is 745. The molecule has 0 saturated heterocycles. The Kier molecular flexibility index (Phi) is 7.13. The molecule has 0 fully saturated rings. The van der Waals surface area contributed by atoms with Crippen LogP contribution in [0.2, 0.25) is 0 Å². The van der Waals surface area contributed by atoms with Gasteiger partial charge in [0.05, 0.1) is 22.6 Å². The molecule has 0 spiro atoms. The third kappa shape index (κ3) is 4.74. The number of rotatable bonds is 9. The van der Waals surface area contributed by atoms with Crippen molar-refractivity contribution in [2.45, 2.75) is 51.4 Å². The zero-order valence-electron chi connectivity index (χ0n) is 13.4. The van der Waals surface area contributed by atoms with Gasteiger partial charge in [-0.3, -0.25) is 4.79 Å². The van der Waals surface area contributed by atoms with E-state index in [4.69, 9.17) is 17.3 Å². The molecule has 1 heterocycles. The SMILES string of the molecule is CCCCCCc1ccc2sc(C(CC(=O)O)C(O)=S)nc2c1Br. The van der Waals surface area contributed by atoms with Crippen LogP contribution in [-0.2, 0) is 11.2 Å². The predicted octanol–water partition coefficient (Wildman–Crippen LogP) is 5.63. The van der Waals surface area contributed by atoms with E-state index in [-0.39, 0.29) is 11.5 Å². The lowest BCUT2D eigenvalue weighted by Crippen LogP contribution is -2.14. The summed E-state index contributed by atoms with van der Waals surface area (Å²) in [6.07, 6.45) is 5.53. The summed E-state index contributed by atoms with van der Waals surface area (Å²) in [4.78, 5) is 15.5. The van der Waals surface area contributed by atoms with Crippen molar-refractivity contribution in [2.75, 3.05) is 0 Å². The lowest BCUT2D eigenvalue weighted by atomic mass is 10.1. The van der Waals surface area contributed by atoms with E-state index in [1.165, 1.54) is 36.2 Å². The Morgan fingerprint density at radius 2 is 2.08 bits per heavy atom. The number of carboxylic acids is 1. The first-order valence-electron chi connectivity index (χ1n) is 7.96. The molecule has 4 nitrogen and oxygen atoms in total. The summed E-state index contributed by atoms with van der Waals surface area (Å²) in [5.41, 5.74) is 2.02. The zero-order chi connectivity index (χ0) is 17.7. The number of fused-ring (bicyclic) bond motifs is 1. The maximum absolute atomic E-state index is 11.0. The third-order valence-electron chi connectivity index (χ3n) is 3.87. The van der Waals surface area contributed by atoms with Gasteiger partial charge in [0.15, 0.2) is 5.05 Å². The minimum atomic E-state index is -1.01. The number of benzene rings is 1. The monoisotopic (exact) mass is 429 g/mol. The second-order valence-corrected chi connectivity index (χ2v) is 8.01. The molecule has 1 aromatic carbocycles. The summed E-state index contributed by atoms with van der Waals surface area (Å²) in [6, 6.07) is 4.10. The highest BCUT2D eigenvalue weighted by molar-refractivity contribution is 9.10. The molecule has 24 heavy (non-hydrogen) atoms. The van der Waals surface area contributed by atoms with Crippen LogP contribution in [0.15, 0.2) is 16.6 Å². The lowest BCUT2D eigenvalue weighted by molar-refractivity contribution is -0.137. The molecule has 0 radical (unpaired) electrons. The second-order valence-electron chi connectivity index (χ2n) is 5.74. The topological polar surface area (TPSA) is 70.4 Å². The van der Waals surface area contributed by atoms with Crippen LogP contribution in [-0.4, -0.2) is 26.2 Å². The van der Waals surface area contributed by atoms with Crippen LogP contribution in [0.5, 0.6) is 0 Å². The van der Waals surface area contributed by atoms with Crippen molar-refractivity contribution < 1.29 is 15.0 Å². The van der Waals surface area contributed by atoms with Crippen LogP contribution in [0.25, 0.3) is 10.2 Å². The van der Waals surface area contributed by atoms with Crippen LogP contribution in [0.4, 0.5) is 0 Å². The summed E-state index contributed by atoms with van der Waals surface area (Å²) < 4.78 is 1.91. The van der Waals surface area contributed by atoms with Crippen LogP contribution in [0.1, 0.15) is 55.5 Å². The fourth-order valence-corrected chi connectivity index (χ4v) is 4.67. The number of aliphatic hydroxyl groups excluding tert-OH is 1.